The Bertz CT molecular complexity index is 678. The molecule has 4 rings (SSSR count). The molecule has 0 radical (unpaired) electrons. The highest BCUT2D eigenvalue weighted by Crippen LogP contribution is 2.46. The van der Waals surface area contributed by atoms with Crippen molar-refractivity contribution in [2.24, 2.45) is 11.8 Å². The van der Waals surface area contributed by atoms with Crippen molar-refractivity contribution in [3.63, 3.8) is 0 Å². The molecular weight excluding hydrogens is 286 g/mol. The topological polar surface area (TPSA) is 72.9 Å². The first-order chi connectivity index (χ1) is 10.6. The minimum Gasteiger partial charge on any atom is -0.427 e. The summed E-state index contributed by atoms with van der Waals surface area (Å²) in [5, 5.41) is 0. The van der Waals surface area contributed by atoms with Gasteiger partial charge in [-0.2, -0.15) is 0 Å². The van der Waals surface area contributed by atoms with Crippen LogP contribution in [-0.4, -0.2) is 30.0 Å². The molecule has 1 aromatic rings. The average molecular weight is 299 g/mol. The van der Waals surface area contributed by atoms with Gasteiger partial charge in [0.05, 0.1) is 29.7 Å². The van der Waals surface area contributed by atoms with Crippen molar-refractivity contribution >= 4 is 23.5 Å². The van der Waals surface area contributed by atoms with Gasteiger partial charge in [-0.05, 0) is 24.3 Å². The van der Waals surface area contributed by atoms with Gasteiger partial charge in [0.2, 0.25) is 11.8 Å². The highest BCUT2D eigenvalue weighted by molar-refractivity contribution is 6.23. The van der Waals surface area contributed by atoms with Crippen molar-refractivity contribution < 1.29 is 23.9 Å². The zero-order valence-corrected chi connectivity index (χ0v) is 11.8. The number of hydrogen-bond acceptors (Lipinski definition) is 5. The summed E-state index contributed by atoms with van der Waals surface area (Å²) in [6.07, 6.45) is 3.11. The third-order valence-corrected chi connectivity index (χ3v) is 4.27. The average Bonchev–Trinajstić information content (AvgIpc) is 3.14. The fraction of sp³-hybridized carbons (Fsp3) is 0.312. The summed E-state index contributed by atoms with van der Waals surface area (Å²) in [6.45, 7) is 1.31. The second-order valence-corrected chi connectivity index (χ2v) is 5.60. The number of fused-ring (bicyclic) bond motifs is 5. The summed E-state index contributed by atoms with van der Waals surface area (Å²) in [4.78, 5) is 37.2. The smallest absolute Gasteiger partial charge is 0.308 e. The first-order valence-electron chi connectivity index (χ1n) is 7.06. The summed E-state index contributed by atoms with van der Waals surface area (Å²) in [7, 11) is 0. The number of esters is 1. The molecule has 1 aromatic carbocycles. The van der Waals surface area contributed by atoms with Crippen LogP contribution in [0.2, 0.25) is 0 Å². The number of hydrogen-bond donors (Lipinski definition) is 0. The molecular formula is C16H13NO5. The van der Waals surface area contributed by atoms with Gasteiger partial charge in [-0.3, -0.25) is 14.4 Å². The molecule has 3 heterocycles. The molecule has 0 aliphatic carbocycles. The van der Waals surface area contributed by atoms with E-state index in [4.69, 9.17) is 9.47 Å². The minimum atomic E-state index is -0.421. The van der Waals surface area contributed by atoms with Crippen molar-refractivity contribution in [2.75, 3.05) is 4.90 Å². The maximum absolute atomic E-state index is 12.6. The summed E-state index contributed by atoms with van der Waals surface area (Å²) in [5.41, 5.74) is 0.486. The van der Waals surface area contributed by atoms with Crippen molar-refractivity contribution in [1.29, 1.82) is 0 Å². The fourth-order valence-electron chi connectivity index (χ4n) is 3.39. The standard InChI is InChI=1S/C16H13NO5/c1-8(18)21-10-4-2-9(3-5-10)17-15(19)13-11-6-7-12(22-11)14(13)16(17)20/h2-7,11-14H,1H3/t11-,12-,13-,14+/m1/s1. The predicted octanol–water partition coefficient (Wildman–Crippen LogP) is 1.05. The van der Waals surface area contributed by atoms with Gasteiger partial charge in [-0.25, -0.2) is 4.90 Å². The summed E-state index contributed by atoms with van der Waals surface area (Å²) < 4.78 is 10.5. The van der Waals surface area contributed by atoms with Crippen LogP contribution >= 0.6 is 0 Å². The molecule has 2 amide bonds. The number of benzene rings is 1. The van der Waals surface area contributed by atoms with E-state index in [0.717, 1.165) is 0 Å². The van der Waals surface area contributed by atoms with E-state index in [0.29, 0.717) is 11.4 Å². The van der Waals surface area contributed by atoms with Crippen LogP contribution < -0.4 is 9.64 Å². The molecule has 2 fully saturated rings. The molecule has 0 N–H and O–H groups in total. The Labute approximate surface area is 126 Å². The number of ether oxygens (including phenoxy) is 2. The summed E-state index contributed by atoms with van der Waals surface area (Å²) >= 11 is 0. The largest absolute Gasteiger partial charge is 0.427 e. The quantitative estimate of drug-likeness (QED) is 0.353. The Morgan fingerprint density at radius 2 is 1.59 bits per heavy atom. The van der Waals surface area contributed by atoms with E-state index >= 15 is 0 Å². The fourth-order valence-corrected chi connectivity index (χ4v) is 3.39. The Morgan fingerprint density at radius 1 is 1.05 bits per heavy atom. The number of imide groups is 1. The van der Waals surface area contributed by atoms with Crippen molar-refractivity contribution in [3.8, 4) is 5.75 Å². The molecule has 3 aliphatic rings. The Kier molecular flexibility index (Phi) is 2.71. The molecule has 2 saturated heterocycles. The van der Waals surface area contributed by atoms with Crippen molar-refractivity contribution in [2.45, 2.75) is 19.1 Å². The van der Waals surface area contributed by atoms with E-state index in [9.17, 15) is 14.4 Å². The third-order valence-electron chi connectivity index (χ3n) is 4.27. The van der Waals surface area contributed by atoms with Crippen LogP contribution in [-0.2, 0) is 19.1 Å². The van der Waals surface area contributed by atoms with Crippen molar-refractivity contribution in [1.82, 2.24) is 0 Å². The lowest BCUT2D eigenvalue weighted by molar-refractivity contribution is -0.132. The molecule has 6 nitrogen and oxygen atoms in total. The predicted molar refractivity (Wildman–Crippen MR) is 75.0 cm³/mol. The van der Waals surface area contributed by atoms with Crippen LogP contribution in [0.5, 0.6) is 5.75 Å². The van der Waals surface area contributed by atoms with Gasteiger partial charge in [-0.15, -0.1) is 0 Å². The molecule has 22 heavy (non-hydrogen) atoms. The first-order valence-corrected chi connectivity index (χ1v) is 7.06. The minimum absolute atomic E-state index is 0.230. The van der Waals surface area contributed by atoms with Crippen LogP contribution in [0.1, 0.15) is 6.92 Å². The van der Waals surface area contributed by atoms with Gasteiger partial charge in [-0.1, -0.05) is 12.2 Å². The molecule has 4 atom stereocenters. The normalized spacial score (nSPS) is 31.8. The lowest BCUT2D eigenvalue weighted by Gasteiger charge is -2.17. The highest BCUT2D eigenvalue weighted by atomic mass is 16.5. The third kappa shape index (κ3) is 1.74. The van der Waals surface area contributed by atoms with E-state index < -0.39 is 17.8 Å². The van der Waals surface area contributed by atoms with Gasteiger partial charge in [0.1, 0.15) is 5.75 Å². The van der Waals surface area contributed by atoms with Crippen molar-refractivity contribution in [3.05, 3.63) is 36.4 Å². The van der Waals surface area contributed by atoms with E-state index in [1.54, 1.807) is 24.3 Å². The molecule has 0 aromatic heterocycles. The molecule has 0 saturated carbocycles. The lowest BCUT2D eigenvalue weighted by Crippen LogP contribution is -2.34. The van der Waals surface area contributed by atoms with E-state index in [2.05, 4.69) is 0 Å². The molecule has 2 bridgehead atoms. The zero-order valence-electron chi connectivity index (χ0n) is 11.8. The molecule has 0 spiro atoms. The Balaban J connectivity index is 1.62. The van der Waals surface area contributed by atoms with Crippen LogP contribution in [0.3, 0.4) is 0 Å². The second kappa shape index (κ2) is 4.51. The lowest BCUT2D eigenvalue weighted by atomic mass is 9.85. The summed E-state index contributed by atoms with van der Waals surface area (Å²) in [6, 6.07) is 6.33. The monoisotopic (exact) mass is 299 g/mol. The van der Waals surface area contributed by atoms with Crippen LogP contribution in [0.4, 0.5) is 5.69 Å². The Morgan fingerprint density at radius 3 is 2.09 bits per heavy atom. The number of carbonyl (C=O) groups excluding carboxylic acids is 3. The number of rotatable bonds is 2. The number of nitrogens with zero attached hydrogens (tertiary/aromatic N) is 1. The maximum Gasteiger partial charge on any atom is 0.308 e. The number of anilines is 1. The molecule has 3 aliphatic heterocycles. The van der Waals surface area contributed by atoms with Gasteiger partial charge >= 0.3 is 5.97 Å². The van der Waals surface area contributed by atoms with Crippen LogP contribution in [0.15, 0.2) is 36.4 Å². The van der Waals surface area contributed by atoms with Gasteiger partial charge in [0.25, 0.3) is 0 Å². The van der Waals surface area contributed by atoms with Crippen LogP contribution in [0.25, 0.3) is 0 Å². The highest BCUT2D eigenvalue weighted by Gasteiger charge is 2.60. The second-order valence-electron chi connectivity index (χ2n) is 5.60. The molecule has 0 unspecified atom stereocenters. The number of amides is 2. The van der Waals surface area contributed by atoms with E-state index in [1.165, 1.54) is 11.8 Å². The Hall–Kier alpha value is -2.47. The van der Waals surface area contributed by atoms with Gasteiger partial charge in [0.15, 0.2) is 0 Å². The molecule has 6 heteroatoms. The van der Waals surface area contributed by atoms with Crippen LogP contribution in [0, 0.1) is 11.8 Å². The van der Waals surface area contributed by atoms with Gasteiger partial charge < -0.3 is 9.47 Å². The first kappa shape index (κ1) is 13.2. The van der Waals surface area contributed by atoms with Gasteiger partial charge in [0, 0.05) is 6.92 Å². The SMILES string of the molecule is CC(=O)Oc1ccc(N2C(=O)[C@@H]3[C@H](C2=O)[C@H]2C=C[C@H]3O2)cc1. The summed E-state index contributed by atoms with van der Waals surface area (Å²) in [5.74, 6) is -1.35. The number of carbonyl (C=O) groups is 3. The van der Waals surface area contributed by atoms with E-state index in [1.807, 2.05) is 12.2 Å². The zero-order chi connectivity index (χ0) is 15.4. The van der Waals surface area contributed by atoms with E-state index in [-0.39, 0.29) is 24.0 Å². The maximum atomic E-state index is 12.6. The molecule has 112 valence electrons.